The zero-order valence-corrected chi connectivity index (χ0v) is 30.2. The van der Waals surface area contributed by atoms with Crippen LogP contribution < -0.4 is 15.4 Å². The average molecular weight is 711 g/mol. The lowest BCUT2D eigenvalue weighted by atomic mass is 9.85. The molecule has 49 heavy (non-hydrogen) atoms. The number of nitrogens with zero attached hydrogens (tertiary/aromatic N) is 1. The van der Waals surface area contributed by atoms with Crippen LogP contribution in [0.3, 0.4) is 0 Å². The minimum atomic E-state index is -3.89. The highest BCUT2D eigenvalue weighted by molar-refractivity contribution is 8.00. The zero-order chi connectivity index (χ0) is 35.9. The molecule has 0 radical (unpaired) electrons. The van der Waals surface area contributed by atoms with Crippen molar-refractivity contribution in [2.24, 2.45) is 11.3 Å². The predicted octanol–water partition coefficient (Wildman–Crippen LogP) is 4.64. The van der Waals surface area contributed by atoms with E-state index in [0.29, 0.717) is 12.8 Å². The number of carbonyl (C=O) groups is 4. The normalized spacial score (nSPS) is 25.7. The van der Waals surface area contributed by atoms with Crippen LogP contribution in [0.1, 0.15) is 65.9 Å². The molecule has 4 N–H and O–H groups in total. The summed E-state index contributed by atoms with van der Waals surface area (Å²) in [6.07, 6.45) is 1.42. The zero-order valence-electron chi connectivity index (χ0n) is 28.6. The van der Waals surface area contributed by atoms with E-state index in [1.54, 1.807) is 32.5 Å². The second-order valence-corrected chi connectivity index (χ2v) is 18.6. The first-order valence-corrected chi connectivity index (χ1v) is 19.0. The molecule has 2 aromatic rings. The van der Waals surface area contributed by atoms with Crippen LogP contribution in [-0.2, 0) is 29.2 Å². The first-order chi connectivity index (χ1) is 22.9. The molecule has 5 rings (SSSR count). The molecule has 0 aromatic heterocycles. The first-order valence-electron chi connectivity index (χ1n) is 16.6. The number of thioether (sulfide) groups is 1. The fraction of sp³-hybridized carbons (Fsp3) is 0.500. The number of likely N-dealkylation sites (tertiary alicyclic amines) is 1. The maximum atomic E-state index is 14.4. The Balaban J connectivity index is 1.53. The third-order valence-electron chi connectivity index (χ3n) is 9.52. The van der Waals surface area contributed by atoms with Gasteiger partial charge >= 0.3 is 6.09 Å². The van der Waals surface area contributed by atoms with Crippen LogP contribution in [0.2, 0.25) is 0 Å². The second-order valence-electron chi connectivity index (χ2n) is 14.7. The van der Waals surface area contributed by atoms with Gasteiger partial charge in [0.25, 0.3) is 5.91 Å². The molecule has 1 aliphatic heterocycles. The minimum absolute atomic E-state index is 0.0847. The van der Waals surface area contributed by atoms with Crippen molar-refractivity contribution in [3.05, 3.63) is 72.8 Å². The minimum Gasteiger partial charge on any atom is -0.465 e. The van der Waals surface area contributed by atoms with Crippen molar-refractivity contribution in [3.63, 3.8) is 0 Å². The summed E-state index contributed by atoms with van der Waals surface area (Å²) in [6, 6.07) is 15.7. The van der Waals surface area contributed by atoms with E-state index < -0.39 is 72.8 Å². The topological polar surface area (TPSA) is 162 Å². The predicted molar refractivity (Wildman–Crippen MR) is 190 cm³/mol. The number of carboxylic acid groups (broad SMARTS) is 1. The highest BCUT2D eigenvalue weighted by atomic mass is 32.2. The molecule has 2 aliphatic carbocycles. The van der Waals surface area contributed by atoms with Gasteiger partial charge in [0.1, 0.15) is 17.6 Å². The third-order valence-corrected chi connectivity index (χ3v) is 12.8. The summed E-state index contributed by atoms with van der Waals surface area (Å²) in [6.45, 7) is 13.2. The van der Waals surface area contributed by atoms with Gasteiger partial charge in [-0.05, 0) is 53.0 Å². The monoisotopic (exact) mass is 710 g/mol. The van der Waals surface area contributed by atoms with Crippen molar-refractivity contribution in [1.82, 2.24) is 20.3 Å². The lowest BCUT2D eigenvalue weighted by Crippen LogP contribution is -2.60. The Morgan fingerprint density at radius 1 is 1.00 bits per heavy atom. The number of benzene rings is 2. The van der Waals surface area contributed by atoms with Gasteiger partial charge in [-0.15, -0.1) is 18.3 Å². The number of rotatable bonds is 12. The number of hydrogen-bond acceptors (Lipinski definition) is 7. The summed E-state index contributed by atoms with van der Waals surface area (Å²) in [5.74, 6) is -2.51. The van der Waals surface area contributed by atoms with Crippen LogP contribution in [0.4, 0.5) is 4.79 Å². The van der Waals surface area contributed by atoms with E-state index in [1.165, 1.54) is 11.0 Å². The van der Waals surface area contributed by atoms with E-state index in [1.807, 2.05) is 68.4 Å². The van der Waals surface area contributed by atoms with Gasteiger partial charge in [0.15, 0.2) is 0 Å². The van der Waals surface area contributed by atoms with E-state index in [0.717, 1.165) is 16.7 Å². The molecule has 13 heteroatoms. The summed E-state index contributed by atoms with van der Waals surface area (Å²) in [7, 11) is -3.89. The number of nitrogens with one attached hydrogen (secondary N) is 3. The highest BCUT2D eigenvalue weighted by Gasteiger charge is 2.62. The Labute approximate surface area is 292 Å². The van der Waals surface area contributed by atoms with Crippen molar-refractivity contribution in [2.75, 3.05) is 6.54 Å². The van der Waals surface area contributed by atoms with Crippen molar-refractivity contribution in [1.29, 1.82) is 0 Å². The Morgan fingerprint density at radius 2 is 1.61 bits per heavy atom. The number of hydrogen-bond donors (Lipinski definition) is 4. The maximum Gasteiger partial charge on any atom is 0.405 e. The van der Waals surface area contributed by atoms with Crippen LogP contribution in [-0.4, -0.2) is 76.9 Å². The van der Waals surface area contributed by atoms with E-state index in [-0.39, 0.29) is 24.6 Å². The molecular formula is C36H46N4O7S2. The quantitative estimate of drug-likeness (QED) is 0.232. The molecule has 2 saturated carbocycles. The molecule has 0 bridgehead atoms. The molecule has 264 valence electrons. The van der Waals surface area contributed by atoms with Crippen molar-refractivity contribution < 1.29 is 32.7 Å². The van der Waals surface area contributed by atoms with Crippen LogP contribution in [0.15, 0.2) is 67.3 Å². The maximum absolute atomic E-state index is 14.4. The van der Waals surface area contributed by atoms with E-state index >= 15 is 0 Å². The first kappa shape index (κ1) is 36.4. The molecule has 3 fully saturated rings. The number of sulfonamides is 1. The van der Waals surface area contributed by atoms with E-state index in [2.05, 4.69) is 21.9 Å². The summed E-state index contributed by atoms with van der Waals surface area (Å²) >= 11 is 1.62. The Hall–Kier alpha value is -3.84. The second kappa shape index (κ2) is 13.5. The van der Waals surface area contributed by atoms with Gasteiger partial charge < -0.3 is 20.6 Å². The Bertz CT molecular complexity index is 1720. The SMILES string of the molecule is C=CC1CC1(NC(=O)[C@@H]1C[C@@](SC(C)C)(c2ccc(-c3ccccc3)cc2)CN1C(=O)[C@@H](NC(=O)O)C(C)(C)C)C(=O)NS(=O)(=O)C1CC1. The summed E-state index contributed by atoms with van der Waals surface area (Å²) in [5, 5.41) is 14.3. The lowest BCUT2D eigenvalue weighted by molar-refractivity contribution is -0.142. The fourth-order valence-electron chi connectivity index (χ4n) is 6.71. The summed E-state index contributed by atoms with van der Waals surface area (Å²) in [5.41, 5.74) is 0.571. The molecule has 3 aliphatic rings. The molecule has 1 saturated heterocycles. The van der Waals surface area contributed by atoms with Crippen molar-refractivity contribution in [3.8, 4) is 11.1 Å². The summed E-state index contributed by atoms with van der Waals surface area (Å²) < 4.78 is 26.8. The summed E-state index contributed by atoms with van der Waals surface area (Å²) in [4.78, 5) is 55.6. The standard InChI is InChI=1S/C36H46N4O7S2/c1-7-25-19-36(25,32(43)39-49(46,47)27-17-18-27)38-30(41)28-20-35(48-22(2)3,21-40(28)31(42)29(34(4,5)6)37-33(44)45)26-15-13-24(14-16-26)23-11-9-8-10-12-23/h7-16,22,25,27-29,37H,1,17-21H2,2-6H3,(H,38,41)(H,39,43)(H,44,45)/t25?,28-,29+,35-,36?/m0/s1. The molecule has 1 heterocycles. The molecule has 4 amide bonds. The molecule has 11 nitrogen and oxygen atoms in total. The van der Waals surface area contributed by atoms with Crippen LogP contribution >= 0.6 is 11.8 Å². The van der Waals surface area contributed by atoms with Gasteiger partial charge in [0, 0.05) is 12.5 Å². The van der Waals surface area contributed by atoms with Gasteiger partial charge in [0.05, 0.1) is 10.00 Å². The molecular weight excluding hydrogens is 665 g/mol. The molecule has 5 atom stereocenters. The third kappa shape index (κ3) is 7.67. The van der Waals surface area contributed by atoms with Gasteiger partial charge in [-0.25, -0.2) is 13.2 Å². The smallest absolute Gasteiger partial charge is 0.405 e. The van der Waals surface area contributed by atoms with E-state index in [9.17, 15) is 32.7 Å². The number of carbonyl (C=O) groups excluding carboxylic acids is 3. The fourth-order valence-corrected chi connectivity index (χ4v) is 9.71. The largest absolute Gasteiger partial charge is 0.465 e. The highest BCUT2D eigenvalue weighted by Crippen LogP contribution is 2.51. The van der Waals surface area contributed by atoms with Crippen LogP contribution in [0.25, 0.3) is 11.1 Å². The lowest BCUT2D eigenvalue weighted by Gasteiger charge is -2.36. The molecule has 2 aromatic carbocycles. The van der Waals surface area contributed by atoms with Crippen molar-refractivity contribution >= 4 is 45.6 Å². The van der Waals surface area contributed by atoms with Crippen LogP contribution in [0.5, 0.6) is 0 Å². The molecule has 0 spiro atoms. The van der Waals surface area contributed by atoms with E-state index in [4.69, 9.17) is 0 Å². The molecule has 2 unspecified atom stereocenters. The Morgan fingerprint density at radius 3 is 2.12 bits per heavy atom. The van der Waals surface area contributed by atoms with Gasteiger partial charge in [-0.1, -0.05) is 95.3 Å². The van der Waals surface area contributed by atoms with Gasteiger partial charge in [0.2, 0.25) is 21.8 Å². The number of amides is 4. The van der Waals surface area contributed by atoms with Gasteiger partial charge in [-0.3, -0.25) is 19.1 Å². The van der Waals surface area contributed by atoms with Gasteiger partial charge in [-0.2, -0.15) is 0 Å². The Kier molecular flexibility index (Phi) is 10.0. The van der Waals surface area contributed by atoms with Crippen molar-refractivity contribution in [2.45, 2.75) is 93.2 Å². The van der Waals surface area contributed by atoms with Crippen LogP contribution in [0, 0.1) is 11.3 Å². The average Bonchev–Trinajstić information content (AvgIpc) is 3.96.